The van der Waals surface area contributed by atoms with Gasteiger partial charge in [-0.05, 0) is 23.9 Å². The molecule has 5 heterocycles. The molecule has 0 spiro atoms. The van der Waals surface area contributed by atoms with Crippen LogP contribution in [0.3, 0.4) is 0 Å². The number of aliphatic hydroxyl groups excluding tert-OH is 5. The van der Waals surface area contributed by atoms with Crippen LogP contribution < -0.4 is 17.2 Å². The van der Waals surface area contributed by atoms with Crippen LogP contribution in [0.15, 0.2) is 5.18 Å². The zero-order valence-corrected chi connectivity index (χ0v) is 45.6. The predicted molar refractivity (Wildman–Crippen MR) is 252 cm³/mol. The van der Waals surface area contributed by atoms with Crippen molar-refractivity contribution in [3.05, 3.63) is 4.91 Å². The van der Waals surface area contributed by atoms with Gasteiger partial charge in [0.2, 0.25) is 6.23 Å². The molecule has 43 heteroatoms. The van der Waals surface area contributed by atoms with Gasteiger partial charge in [-0.2, -0.15) is 33.7 Å². The number of aliphatic carboxylic acids is 1. The van der Waals surface area contributed by atoms with E-state index in [0.29, 0.717) is 12.8 Å². The first kappa shape index (κ1) is 67.9. The maximum absolute atomic E-state index is 13.0. The highest BCUT2D eigenvalue weighted by Crippen LogP contribution is 2.39. The number of carboxylic acid groups (broad SMARTS) is 1. The Morgan fingerprint density at radius 1 is 0.519 bits per heavy atom. The Balaban J connectivity index is 1.28. The molecule has 1 aliphatic carbocycles. The van der Waals surface area contributed by atoms with Gasteiger partial charge in [0.05, 0.1) is 50.7 Å². The number of nitroso groups, excluding NO2 is 1. The van der Waals surface area contributed by atoms with Crippen molar-refractivity contribution in [1.82, 2.24) is 0 Å². The highest BCUT2D eigenvalue weighted by molar-refractivity contribution is 7.81. The molecular formula is C38H66N4O35S4. The minimum Gasteiger partial charge on any atom is -0.479 e. The molecule has 0 aromatic carbocycles. The number of hydrogen-bond acceptors (Lipinski definition) is 34. The summed E-state index contributed by atoms with van der Waals surface area (Å²) in [4.78, 5) is 25.4. The SMILES string of the molecule is CO[C@H]1OC(COS(=O)(=O)O)[C@@H](O[C@@H]2O[C@@H](N=O)[C@@H](O[C@H]3OC(COS(=O)(=O)O)[C@@H](O[C@@H]4OC(C(=O)O)[C@@H](O[C@H]5OC(COS(=O)(=O)O)[C@@H](O)[C@H](O)C5N)[C@H](O)C4OCC4CCCCC4)[C@H](C)C3N)C(O)C2OS(=O)(=O)O)[C@H](O)C1N. The van der Waals surface area contributed by atoms with E-state index < -0.39 is 221 Å². The minimum absolute atomic E-state index is 0.137. The molecule has 16 N–H and O–H groups in total. The number of nitrogens with zero attached hydrogens (tertiary/aromatic N) is 1. The first-order valence-electron chi connectivity index (χ1n) is 24.4. The second kappa shape index (κ2) is 28.1. The Hall–Kier alpha value is -2.21. The molecule has 6 rings (SSSR count). The lowest BCUT2D eigenvalue weighted by atomic mass is 9.88. The molecule has 25 atom stereocenters. The lowest BCUT2D eigenvalue weighted by molar-refractivity contribution is -0.373. The maximum atomic E-state index is 13.0. The highest BCUT2D eigenvalue weighted by Gasteiger charge is 2.59. The maximum Gasteiger partial charge on any atom is 0.397 e. The van der Waals surface area contributed by atoms with E-state index in [4.69, 9.17) is 73.9 Å². The largest absolute Gasteiger partial charge is 0.479 e. The van der Waals surface area contributed by atoms with E-state index in [2.05, 4.69) is 21.9 Å². The van der Waals surface area contributed by atoms with E-state index in [1.54, 1.807) is 0 Å². The Bertz CT molecular complexity index is 2540. The summed E-state index contributed by atoms with van der Waals surface area (Å²) in [5.74, 6) is -3.35. The molecule has 472 valence electrons. The number of methoxy groups -OCH3 is 1. The van der Waals surface area contributed by atoms with Crippen LogP contribution in [0.25, 0.3) is 0 Å². The zero-order valence-electron chi connectivity index (χ0n) is 42.4. The van der Waals surface area contributed by atoms with E-state index in [1.807, 2.05) is 0 Å². The molecule has 5 aliphatic heterocycles. The quantitative estimate of drug-likeness (QED) is 0.0298. The van der Waals surface area contributed by atoms with Crippen LogP contribution in [0.5, 0.6) is 0 Å². The lowest BCUT2D eigenvalue weighted by Gasteiger charge is -2.50. The average molecular weight is 1270 g/mol. The van der Waals surface area contributed by atoms with Gasteiger partial charge in [0.15, 0.2) is 43.7 Å². The molecule has 10 unspecified atom stereocenters. The van der Waals surface area contributed by atoms with Gasteiger partial charge in [-0.15, -0.1) is 4.91 Å². The molecule has 5 saturated heterocycles. The molecule has 6 aliphatic rings. The van der Waals surface area contributed by atoms with Gasteiger partial charge in [0.1, 0.15) is 73.2 Å². The topological polar surface area (TPSA) is 602 Å². The number of aliphatic hydroxyl groups is 5. The summed E-state index contributed by atoms with van der Waals surface area (Å²) < 4.78 is 213. The van der Waals surface area contributed by atoms with Crippen LogP contribution in [0.2, 0.25) is 0 Å². The number of carbonyl (C=O) groups is 1. The third-order valence-electron chi connectivity index (χ3n) is 14.0. The number of rotatable bonds is 25. The zero-order chi connectivity index (χ0) is 60.3. The third kappa shape index (κ3) is 17.9. The molecule has 0 radical (unpaired) electrons. The van der Waals surface area contributed by atoms with Gasteiger partial charge < -0.3 is 99.9 Å². The highest BCUT2D eigenvalue weighted by atomic mass is 32.3. The van der Waals surface area contributed by atoms with Crippen molar-refractivity contribution in [1.29, 1.82) is 0 Å². The molecule has 0 aromatic rings. The van der Waals surface area contributed by atoms with E-state index in [1.165, 1.54) is 6.92 Å². The summed E-state index contributed by atoms with van der Waals surface area (Å²) in [6.45, 7) is -2.39. The van der Waals surface area contributed by atoms with Crippen molar-refractivity contribution in [3.63, 3.8) is 0 Å². The number of nitrogens with two attached hydrogens (primary N) is 3. The van der Waals surface area contributed by atoms with Crippen molar-refractivity contribution in [3.8, 4) is 0 Å². The van der Waals surface area contributed by atoms with Crippen LogP contribution in [-0.4, -0.2) is 269 Å². The van der Waals surface area contributed by atoms with Gasteiger partial charge >= 0.3 is 47.6 Å². The van der Waals surface area contributed by atoms with Crippen LogP contribution >= 0.6 is 0 Å². The monoisotopic (exact) mass is 1270 g/mol. The van der Waals surface area contributed by atoms with Gasteiger partial charge in [-0.1, -0.05) is 26.2 Å². The normalized spacial score (nSPS) is 42.5. The average Bonchev–Trinajstić information content (AvgIpc) is 3.37. The van der Waals surface area contributed by atoms with Crippen LogP contribution in [0.1, 0.15) is 39.0 Å². The van der Waals surface area contributed by atoms with Crippen LogP contribution in [0, 0.1) is 16.7 Å². The van der Waals surface area contributed by atoms with Gasteiger partial charge in [0, 0.05) is 13.0 Å². The Labute approximate surface area is 461 Å². The standard InChI is InChI=1S/C38H66N4O35S4/c1-12-17(39)35(74-28-24(47)30(77-81(60,61)62)38(76-32(28)42-50)72-26-16(11-67-80(57,58)59)69-34(63-2)19(41)22(26)45)70-15(10-66-79(54,55)56)25(12)71-37-29(64-8-13-6-4-3-5-7-13)23(46)27(31(75-37)33(48)49)73-36-18(40)21(44)20(43)14(68-36)9-65-78(51,52)53/h12-32,34-38,43-47H,3-11,39-41H2,1-2H3,(H,48,49)(H,51,52,53)(H,54,55,56)(H,57,58,59)(H,60,61,62)/t12-,14?,15?,16?,17?,18?,19?,20-,21-,22-,23+,24?,25+,26-,27+,28+,29?,30?,31?,32-,34+,35-,36-,37-,38-/m1/s1. The Kier molecular flexibility index (Phi) is 23.5. The second-order valence-corrected chi connectivity index (χ2v) is 23.8. The van der Waals surface area contributed by atoms with Crippen molar-refractivity contribution in [2.75, 3.05) is 33.5 Å². The number of hydrogen-bond donors (Lipinski definition) is 13. The number of carboxylic acids is 1. The molecule has 81 heavy (non-hydrogen) atoms. The molecular weight excluding hydrogens is 1200 g/mol. The summed E-state index contributed by atoms with van der Waals surface area (Å²) >= 11 is 0. The summed E-state index contributed by atoms with van der Waals surface area (Å²) in [7, 11) is -20.4. The fraction of sp³-hybridized carbons (Fsp3) is 0.974. The molecule has 0 amide bonds. The van der Waals surface area contributed by atoms with Crippen molar-refractivity contribution in [2.24, 2.45) is 34.2 Å². The second-order valence-electron chi connectivity index (χ2n) is 19.5. The smallest absolute Gasteiger partial charge is 0.397 e. The van der Waals surface area contributed by atoms with Crippen molar-refractivity contribution in [2.45, 2.75) is 186 Å². The number of ether oxygens (including phenoxy) is 11. The van der Waals surface area contributed by atoms with E-state index in [-0.39, 0.29) is 12.5 Å². The summed E-state index contributed by atoms with van der Waals surface area (Å²) in [5.41, 5.74) is 18.6. The van der Waals surface area contributed by atoms with Crippen molar-refractivity contribution < 1.29 is 156 Å². The third-order valence-corrected chi connectivity index (χ3v) is 15.7. The minimum atomic E-state index is -5.69. The van der Waals surface area contributed by atoms with Crippen LogP contribution in [0.4, 0.5) is 0 Å². The molecule has 6 fully saturated rings. The molecule has 39 nitrogen and oxygen atoms in total. The predicted octanol–water partition coefficient (Wildman–Crippen LogP) is -7.36. The van der Waals surface area contributed by atoms with E-state index in [0.717, 1.165) is 26.4 Å². The van der Waals surface area contributed by atoms with E-state index >= 15 is 0 Å². The fourth-order valence-corrected chi connectivity index (χ4v) is 11.2. The van der Waals surface area contributed by atoms with Gasteiger partial charge in [-0.25, -0.2) is 21.5 Å². The summed E-state index contributed by atoms with van der Waals surface area (Å²) in [6, 6.07) is -4.95. The molecule has 0 aromatic heterocycles. The van der Waals surface area contributed by atoms with E-state index in [9.17, 15) is 87.7 Å². The van der Waals surface area contributed by atoms with Gasteiger partial charge in [-0.3, -0.25) is 18.2 Å². The first-order chi connectivity index (χ1) is 37.6. The van der Waals surface area contributed by atoms with Crippen LogP contribution in [-0.2, 0) is 115 Å². The molecule has 1 saturated carbocycles. The van der Waals surface area contributed by atoms with Crippen molar-refractivity contribution >= 4 is 47.6 Å². The Morgan fingerprint density at radius 3 is 1.53 bits per heavy atom. The summed E-state index contributed by atoms with van der Waals surface area (Å²) in [6.07, 6.45) is -39.9. The van der Waals surface area contributed by atoms with Gasteiger partial charge in [0.25, 0.3) is 0 Å². The fourth-order valence-electron chi connectivity index (χ4n) is 9.82. The lowest BCUT2D eigenvalue weighted by Crippen LogP contribution is -2.69. The summed E-state index contributed by atoms with van der Waals surface area (Å²) in [5, 5.41) is 69.3. The first-order valence-corrected chi connectivity index (χ1v) is 29.8. The Morgan fingerprint density at radius 2 is 0.988 bits per heavy atom. The molecule has 0 bridgehead atoms.